The maximum Gasteiger partial charge on any atom is 0.161 e. The molecule has 0 unspecified atom stereocenters. The predicted molar refractivity (Wildman–Crippen MR) is 97.7 cm³/mol. The standard InChI is InChI=1S/C20H23NO3/c1-13-6-8-17(10-14(13)2)21-12-18(15(3)22)16-7-9-19(23-4)20(11-16)24-5/h6-12,21H,1-5H3/b18-12-. The first-order chi connectivity index (χ1) is 11.5. The molecule has 0 fully saturated rings. The van der Waals surface area contributed by atoms with Gasteiger partial charge in [0.2, 0.25) is 0 Å². The Balaban J connectivity index is 2.35. The Kier molecular flexibility index (Phi) is 5.64. The lowest BCUT2D eigenvalue weighted by Crippen LogP contribution is -2.01. The topological polar surface area (TPSA) is 47.6 Å². The van der Waals surface area contributed by atoms with E-state index in [0.29, 0.717) is 17.1 Å². The van der Waals surface area contributed by atoms with Gasteiger partial charge in [0.25, 0.3) is 0 Å². The van der Waals surface area contributed by atoms with Gasteiger partial charge in [0.15, 0.2) is 17.3 Å². The summed E-state index contributed by atoms with van der Waals surface area (Å²) >= 11 is 0. The van der Waals surface area contributed by atoms with Gasteiger partial charge in [-0.2, -0.15) is 0 Å². The van der Waals surface area contributed by atoms with Crippen molar-refractivity contribution >= 4 is 17.0 Å². The van der Waals surface area contributed by atoms with E-state index in [1.807, 2.05) is 12.1 Å². The molecule has 4 heteroatoms. The summed E-state index contributed by atoms with van der Waals surface area (Å²) in [4.78, 5) is 12.1. The molecule has 2 aromatic rings. The summed E-state index contributed by atoms with van der Waals surface area (Å²) in [5.74, 6) is 1.19. The van der Waals surface area contributed by atoms with Crippen LogP contribution in [0.4, 0.5) is 5.69 Å². The van der Waals surface area contributed by atoms with Crippen molar-refractivity contribution in [1.29, 1.82) is 0 Å². The molecule has 2 rings (SSSR count). The lowest BCUT2D eigenvalue weighted by Gasteiger charge is -2.11. The minimum absolute atomic E-state index is 0.0291. The highest BCUT2D eigenvalue weighted by atomic mass is 16.5. The van der Waals surface area contributed by atoms with Gasteiger partial charge >= 0.3 is 0 Å². The van der Waals surface area contributed by atoms with E-state index < -0.39 is 0 Å². The summed E-state index contributed by atoms with van der Waals surface area (Å²) in [6, 6.07) is 11.5. The third kappa shape index (κ3) is 3.96. The second-order valence-electron chi connectivity index (χ2n) is 5.63. The number of methoxy groups -OCH3 is 2. The second-order valence-corrected chi connectivity index (χ2v) is 5.63. The number of Topliss-reactive ketones (excluding diaryl/α,β-unsaturated/α-hetero) is 1. The number of rotatable bonds is 6. The number of hydrogen-bond acceptors (Lipinski definition) is 4. The van der Waals surface area contributed by atoms with Crippen LogP contribution in [-0.4, -0.2) is 20.0 Å². The van der Waals surface area contributed by atoms with E-state index in [-0.39, 0.29) is 5.78 Å². The van der Waals surface area contributed by atoms with Gasteiger partial charge in [-0.1, -0.05) is 12.1 Å². The summed E-state index contributed by atoms with van der Waals surface area (Å²) < 4.78 is 10.6. The zero-order chi connectivity index (χ0) is 17.7. The number of carbonyl (C=O) groups excluding carboxylic acids is 1. The molecule has 24 heavy (non-hydrogen) atoms. The van der Waals surface area contributed by atoms with E-state index in [1.54, 1.807) is 39.5 Å². The maximum atomic E-state index is 12.1. The minimum Gasteiger partial charge on any atom is -0.493 e. The fraction of sp³-hybridized carbons (Fsp3) is 0.250. The first-order valence-corrected chi connectivity index (χ1v) is 7.73. The Morgan fingerprint density at radius 3 is 2.25 bits per heavy atom. The Hall–Kier alpha value is -2.75. The molecule has 1 N–H and O–H groups in total. The number of allylic oxidation sites excluding steroid dienone is 1. The molecule has 0 heterocycles. The molecule has 4 nitrogen and oxygen atoms in total. The fourth-order valence-electron chi connectivity index (χ4n) is 2.38. The van der Waals surface area contributed by atoms with Crippen molar-refractivity contribution < 1.29 is 14.3 Å². The number of ketones is 1. The van der Waals surface area contributed by atoms with E-state index in [2.05, 4.69) is 31.3 Å². The van der Waals surface area contributed by atoms with Crippen LogP contribution in [0.3, 0.4) is 0 Å². The Bertz CT molecular complexity index is 778. The zero-order valence-electron chi connectivity index (χ0n) is 14.8. The molecule has 0 amide bonds. The van der Waals surface area contributed by atoms with Crippen molar-refractivity contribution in [3.63, 3.8) is 0 Å². The number of carbonyl (C=O) groups is 1. The van der Waals surface area contributed by atoms with Crippen LogP contribution in [0.5, 0.6) is 11.5 Å². The molecule has 0 aromatic heterocycles. The first-order valence-electron chi connectivity index (χ1n) is 7.73. The van der Waals surface area contributed by atoms with E-state index in [0.717, 1.165) is 11.3 Å². The summed E-state index contributed by atoms with van der Waals surface area (Å²) in [7, 11) is 3.16. The molecule has 0 saturated carbocycles. The van der Waals surface area contributed by atoms with Gasteiger partial charge < -0.3 is 14.8 Å². The molecule has 0 aliphatic carbocycles. The van der Waals surface area contributed by atoms with E-state index in [1.165, 1.54) is 11.1 Å². The highest BCUT2D eigenvalue weighted by Gasteiger charge is 2.11. The Labute approximate surface area is 143 Å². The molecule has 2 aromatic carbocycles. The third-order valence-electron chi connectivity index (χ3n) is 3.96. The molecule has 0 atom stereocenters. The molecule has 0 aliphatic rings. The lowest BCUT2D eigenvalue weighted by molar-refractivity contribution is -0.111. The summed E-state index contributed by atoms with van der Waals surface area (Å²) in [6.45, 7) is 5.68. The molecule has 0 aliphatic heterocycles. The quantitative estimate of drug-likeness (QED) is 0.802. The van der Waals surface area contributed by atoms with Crippen LogP contribution in [0.15, 0.2) is 42.6 Å². The average molecular weight is 325 g/mol. The van der Waals surface area contributed by atoms with Crippen molar-refractivity contribution in [1.82, 2.24) is 0 Å². The average Bonchev–Trinajstić information content (AvgIpc) is 2.57. The zero-order valence-corrected chi connectivity index (χ0v) is 14.8. The molecule has 0 saturated heterocycles. The van der Waals surface area contributed by atoms with Gasteiger partial charge in [0, 0.05) is 17.5 Å². The molecular formula is C20H23NO3. The van der Waals surface area contributed by atoms with Gasteiger partial charge in [-0.25, -0.2) is 0 Å². The van der Waals surface area contributed by atoms with Crippen molar-refractivity contribution in [2.45, 2.75) is 20.8 Å². The van der Waals surface area contributed by atoms with Crippen molar-refractivity contribution in [3.8, 4) is 11.5 Å². The second kappa shape index (κ2) is 7.68. The molecule has 0 bridgehead atoms. The van der Waals surface area contributed by atoms with Gasteiger partial charge in [-0.15, -0.1) is 0 Å². The largest absolute Gasteiger partial charge is 0.493 e. The summed E-state index contributed by atoms with van der Waals surface area (Å²) in [6.07, 6.45) is 1.73. The Morgan fingerprint density at radius 1 is 0.958 bits per heavy atom. The Morgan fingerprint density at radius 2 is 1.67 bits per heavy atom. The van der Waals surface area contributed by atoms with Gasteiger partial charge in [0.05, 0.1) is 14.2 Å². The van der Waals surface area contributed by atoms with Crippen molar-refractivity contribution in [3.05, 3.63) is 59.3 Å². The fourth-order valence-corrected chi connectivity index (χ4v) is 2.38. The van der Waals surface area contributed by atoms with Crippen LogP contribution in [-0.2, 0) is 4.79 Å². The van der Waals surface area contributed by atoms with Gasteiger partial charge in [-0.05, 0) is 61.7 Å². The molecule has 126 valence electrons. The minimum atomic E-state index is -0.0291. The smallest absolute Gasteiger partial charge is 0.161 e. The summed E-state index contributed by atoms with van der Waals surface area (Å²) in [5.41, 5.74) is 4.73. The number of ether oxygens (including phenoxy) is 2. The SMILES string of the molecule is COc1ccc(/C(=C\Nc2ccc(C)c(C)c2)C(C)=O)cc1OC. The maximum absolute atomic E-state index is 12.1. The molecule has 0 radical (unpaired) electrons. The van der Waals surface area contributed by atoms with Gasteiger partial charge in [0.1, 0.15) is 0 Å². The van der Waals surface area contributed by atoms with E-state index >= 15 is 0 Å². The number of nitrogens with one attached hydrogen (secondary N) is 1. The van der Waals surface area contributed by atoms with Crippen molar-refractivity contribution in [2.24, 2.45) is 0 Å². The number of aryl methyl sites for hydroxylation is 2. The summed E-state index contributed by atoms with van der Waals surface area (Å²) in [5, 5.41) is 3.20. The lowest BCUT2D eigenvalue weighted by atomic mass is 10.0. The van der Waals surface area contributed by atoms with Gasteiger partial charge in [-0.3, -0.25) is 4.79 Å². The van der Waals surface area contributed by atoms with Crippen LogP contribution >= 0.6 is 0 Å². The number of anilines is 1. The van der Waals surface area contributed by atoms with Crippen LogP contribution < -0.4 is 14.8 Å². The predicted octanol–water partition coefficient (Wildman–Crippen LogP) is 4.36. The third-order valence-corrected chi connectivity index (χ3v) is 3.96. The highest BCUT2D eigenvalue weighted by molar-refractivity contribution is 6.19. The van der Waals surface area contributed by atoms with E-state index in [9.17, 15) is 4.79 Å². The monoisotopic (exact) mass is 325 g/mol. The normalized spacial score (nSPS) is 11.1. The van der Waals surface area contributed by atoms with Crippen LogP contribution in [0, 0.1) is 13.8 Å². The molecule has 0 spiro atoms. The number of benzene rings is 2. The van der Waals surface area contributed by atoms with E-state index in [4.69, 9.17) is 9.47 Å². The first kappa shape index (κ1) is 17.6. The highest BCUT2D eigenvalue weighted by Crippen LogP contribution is 2.30. The van der Waals surface area contributed by atoms with Crippen LogP contribution in [0.25, 0.3) is 5.57 Å². The van der Waals surface area contributed by atoms with Crippen LogP contribution in [0.2, 0.25) is 0 Å². The number of hydrogen-bond donors (Lipinski definition) is 1. The van der Waals surface area contributed by atoms with Crippen LogP contribution in [0.1, 0.15) is 23.6 Å². The van der Waals surface area contributed by atoms with Crippen molar-refractivity contribution in [2.75, 3.05) is 19.5 Å². The molecular weight excluding hydrogens is 302 g/mol.